The number of halogens is 4. The lowest BCUT2D eigenvalue weighted by Crippen LogP contribution is -2.23. The molecule has 1 aromatic carbocycles. The second-order valence-electron chi connectivity index (χ2n) is 4.27. The molecule has 1 fully saturated rings. The fraction of sp³-hybridized carbons (Fsp3) is 0.455. The van der Waals surface area contributed by atoms with Crippen molar-refractivity contribution in [2.24, 2.45) is 0 Å². The normalized spacial score (nSPS) is 15.9. The van der Waals surface area contributed by atoms with Gasteiger partial charge in [-0.2, -0.15) is 13.2 Å². The van der Waals surface area contributed by atoms with E-state index in [0.717, 1.165) is 25.0 Å². The van der Waals surface area contributed by atoms with Crippen LogP contribution < -0.4 is 4.90 Å². The van der Waals surface area contributed by atoms with Gasteiger partial charge in [0, 0.05) is 23.6 Å². The Morgan fingerprint density at radius 1 is 1.26 bits per heavy atom. The van der Waals surface area contributed by atoms with Crippen molar-refractivity contribution in [3.05, 3.63) is 32.3 Å². The average molecular weight is 339 g/mol. The van der Waals surface area contributed by atoms with Crippen LogP contribution in [0.3, 0.4) is 0 Å². The molecule has 0 N–H and O–H groups in total. The zero-order chi connectivity index (χ0) is 14.2. The molecule has 1 saturated heterocycles. The lowest BCUT2D eigenvalue weighted by atomic mass is 10.1. The number of nitro groups is 1. The Kier molecular flexibility index (Phi) is 3.71. The monoisotopic (exact) mass is 338 g/mol. The molecule has 0 unspecified atom stereocenters. The molecule has 8 heteroatoms. The van der Waals surface area contributed by atoms with Gasteiger partial charge in [-0.1, -0.05) is 15.9 Å². The number of nitrogens with zero attached hydrogens (tertiary/aromatic N) is 2. The van der Waals surface area contributed by atoms with Gasteiger partial charge in [-0.25, -0.2) is 0 Å². The van der Waals surface area contributed by atoms with Gasteiger partial charge < -0.3 is 4.90 Å². The standard InChI is InChI=1S/C11H10BrF3N2O2/c12-7-5-8(11(13,14)15)10(9(6-7)17(18)19)16-3-1-2-4-16/h5-6H,1-4H2. The highest BCUT2D eigenvalue weighted by atomic mass is 79.9. The molecule has 0 atom stereocenters. The summed E-state index contributed by atoms with van der Waals surface area (Å²) in [4.78, 5) is 11.7. The molecule has 0 amide bonds. The third-order valence-corrected chi connectivity index (χ3v) is 3.44. The summed E-state index contributed by atoms with van der Waals surface area (Å²) in [6.45, 7) is 0.817. The van der Waals surface area contributed by atoms with E-state index in [9.17, 15) is 23.3 Å². The lowest BCUT2D eigenvalue weighted by Gasteiger charge is -2.22. The molecule has 104 valence electrons. The van der Waals surface area contributed by atoms with Crippen molar-refractivity contribution in [3.63, 3.8) is 0 Å². The molecule has 0 spiro atoms. The maximum Gasteiger partial charge on any atom is 0.418 e. The van der Waals surface area contributed by atoms with Gasteiger partial charge in [0.15, 0.2) is 0 Å². The number of hydrogen-bond donors (Lipinski definition) is 0. The first-order valence-electron chi connectivity index (χ1n) is 5.61. The minimum absolute atomic E-state index is 0.0504. The zero-order valence-corrected chi connectivity index (χ0v) is 11.3. The first-order chi connectivity index (χ1) is 8.80. The second-order valence-corrected chi connectivity index (χ2v) is 5.19. The summed E-state index contributed by atoms with van der Waals surface area (Å²) in [5.74, 6) is 0. The molecular weight excluding hydrogens is 329 g/mol. The van der Waals surface area contributed by atoms with E-state index in [1.54, 1.807) is 0 Å². The molecule has 4 nitrogen and oxygen atoms in total. The lowest BCUT2D eigenvalue weighted by molar-refractivity contribution is -0.384. The molecule has 0 aliphatic carbocycles. The quantitative estimate of drug-likeness (QED) is 0.605. The second kappa shape index (κ2) is 4.99. The third kappa shape index (κ3) is 2.83. The number of nitro benzene ring substituents is 1. The Morgan fingerprint density at radius 3 is 2.32 bits per heavy atom. The molecule has 0 bridgehead atoms. The maximum atomic E-state index is 13.1. The van der Waals surface area contributed by atoms with E-state index in [4.69, 9.17) is 0 Å². The predicted octanol–water partition coefficient (Wildman–Crippen LogP) is 3.98. The molecule has 1 aliphatic heterocycles. The van der Waals surface area contributed by atoms with Gasteiger partial charge in [-0.05, 0) is 18.9 Å². The minimum Gasteiger partial charge on any atom is -0.365 e. The fourth-order valence-electron chi connectivity index (χ4n) is 2.21. The Bertz CT molecular complexity index is 513. The zero-order valence-electron chi connectivity index (χ0n) is 9.71. The van der Waals surface area contributed by atoms with Gasteiger partial charge in [0.2, 0.25) is 0 Å². The van der Waals surface area contributed by atoms with E-state index in [1.165, 1.54) is 4.90 Å². The molecule has 2 rings (SSSR count). The molecule has 0 saturated carbocycles. The highest BCUT2D eigenvalue weighted by Gasteiger charge is 2.39. The summed E-state index contributed by atoms with van der Waals surface area (Å²) < 4.78 is 39.2. The van der Waals surface area contributed by atoms with Gasteiger partial charge in [0.05, 0.1) is 10.5 Å². The Hall–Kier alpha value is -1.31. The van der Waals surface area contributed by atoms with E-state index < -0.39 is 22.4 Å². The first-order valence-corrected chi connectivity index (χ1v) is 6.40. The first kappa shape index (κ1) is 14.1. The third-order valence-electron chi connectivity index (χ3n) is 2.98. The van der Waals surface area contributed by atoms with Crippen molar-refractivity contribution in [1.29, 1.82) is 0 Å². The van der Waals surface area contributed by atoms with Crippen LogP contribution >= 0.6 is 15.9 Å². The number of rotatable bonds is 2. The highest BCUT2D eigenvalue weighted by Crippen LogP contribution is 2.44. The fourth-order valence-corrected chi connectivity index (χ4v) is 2.66. The number of alkyl halides is 3. The number of benzene rings is 1. The summed E-state index contributed by atoms with van der Waals surface area (Å²) >= 11 is 2.89. The summed E-state index contributed by atoms with van der Waals surface area (Å²) in [7, 11) is 0. The smallest absolute Gasteiger partial charge is 0.365 e. The van der Waals surface area contributed by atoms with E-state index >= 15 is 0 Å². The van der Waals surface area contributed by atoms with Crippen LogP contribution in [0.15, 0.2) is 16.6 Å². The van der Waals surface area contributed by atoms with Crippen LogP contribution in [0.4, 0.5) is 24.5 Å². The average Bonchev–Trinajstić information content (AvgIpc) is 2.79. The van der Waals surface area contributed by atoms with Crippen LogP contribution in [0.25, 0.3) is 0 Å². The molecule has 1 aromatic rings. The van der Waals surface area contributed by atoms with Gasteiger partial charge >= 0.3 is 6.18 Å². The van der Waals surface area contributed by atoms with Crippen molar-refractivity contribution >= 4 is 27.3 Å². The molecular formula is C11H10BrF3N2O2. The summed E-state index contributed by atoms with van der Waals surface area (Å²) in [5.41, 5.74) is -1.79. The molecule has 0 radical (unpaired) electrons. The summed E-state index contributed by atoms with van der Waals surface area (Å²) in [6, 6.07) is 2.00. The SMILES string of the molecule is O=[N+]([O-])c1cc(Br)cc(C(F)(F)F)c1N1CCCC1. The van der Waals surface area contributed by atoms with Crippen molar-refractivity contribution in [1.82, 2.24) is 0 Å². The van der Waals surface area contributed by atoms with Crippen molar-refractivity contribution < 1.29 is 18.1 Å². The van der Waals surface area contributed by atoms with Gasteiger partial charge in [0.1, 0.15) is 5.69 Å². The van der Waals surface area contributed by atoms with E-state index in [0.29, 0.717) is 13.1 Å². The van der Waals surface area contributed by atoms with Crippen LogP contribution in [-0.2, 0) is 6.18 Å². The highest BCUT2D eigenvalue weighted by molar-refractivity contribution is 9.10. The number of anilines is 1. The predicted molar refractivity (Wildman–Crippen MR) is 67.2 cm³/mol. The molecule has 19 heavy (non-hydrogen) atoms. The summed E-state index contributed by atoms with van der Waals surface area (Å²) in [5, 5.41) is 11.0. The van der Waals surface area contributed by atoms with Gasteiger partial charge in [-0.15, -0.1) is 0 Å². The van der Waals surface area contributed by atoms with Gasteiger partial charge in [0.25, 0.3) is 5.69 Å². The maximum absolute atomic E-state index is 13.1. The Morgan fingerprint density at radius 2 is 1.84 bits per heavy atom. The van der Waals surface area contributed by atoms with E-state index in [1.807, 2.05) is 0 Å². The van der Waals surface area contributed by atoms with Crippen molar-refractivity contribution in [2.75, 3.05) is 18.0 Å². The summed E-state index contributed by atoms with van der Waals surface area (Å²) in [6.07, 6.45) is -3.14. The Labute approximate surface area is 115 Å². The van der Waals surface area contributed by atoms with Crippen molar-refractivity contribution in [3.8, 4) is 0 Å². The molecule has 0 aromatic heterocycles. The minimum atomic E-state index is -4.62. The Balaban J connectivity index is 2.66. The number of hydrogen-bond acceptors (Lipinski definition) is 3. The van der Waals surface area contributed by atoms with E-state index in [2.05, 4.69) is 15.9 Å². The van der Waals surface area contributed by atoms with Crippen LogP contribution in [0.1, 0.15) is 18.4 Å². The van der Waals surface area contributed by atoms with E-state index in [-0.39, 0.29) is 10.2 Å². The van der Waals surface area contributed by atoms with Crippen LogP contribution in [0.2, 0.25) is 0 Å². The topological polar surface area (TPSA) is 46.4 Å². The van der Waals surface area contributed by atoms with Gasteiger partial charge in [-0.3, -0.25) is 10.1 Å². The molecule has 1 heterocycles. The van der Waals surface area contributed by atoms with Crippen molar-refractivity contribution in [2.45, 2.75) is 19.0 Å². The van der Waals surface area contributed by atoms with Crippen LogP contribution in [-0.4, -0.2) is 18.0 Å². The largest absolute Gasteiger partial charge is 0.418 e. The van der Waals surface area contributed by atoms with Crippen LogP contribution in [0.5, 0.6) is 0 Å². The van der Waals surface area contributed by atoms with Crippen LogP contribution in [0, 0.1) is 10.1 Å². The molecule has 1 aliphatic rings.